The van der Waals surface area contributed by atoms with Gasteiger partial charge in [-0.05, 0) is 49.1 Å². The van der Waals surface area contributed by atoms with Crippen molar-refractivity contribution in [2.24, 2.45) is 0 Å². The van der Waals surface area contributed by atoms with Crippen LogP contribution < -0.4 is 4.74 Å². The molecule has 0 radical (unpaired) electrons. The minimum Gasteiger partial charge on any atom is -0.494 e. The molecular formula is C24H29NO2. The predicted molar refractivity (Wildman–Crippen MR) is 112 cm³/mol. The largest absolute Gasteiger partial charge is 0.494 e. The minimum absolute atomic E-state index is 0.195. The van der Waals surface area contributed by atoms with Crippen molar-refractivity contribution >= 4 is 16.7 Å². The number of benzene rings is 2. The van der Waals surface area contributed by atoms with Crippen LogP contribution in [0, 0.1) is 0 Å². The van der Waals surface area contributed by atoms with Crippen LogP contribution in [0.1, 0.15) is 50.4 Å². The normalized spacial score (nSPS) is 11.1. The first-order valence-corrected chi connectivity index (χ1v) is 9.94. The summed E-state index contributed by atoms with van der Waals surface area (Å²) in [6.07, 6.45) is 3.54. The summed E-state index contributed by atoms with van der Waals surface area (Å²) < 4.78 is 8.28. The second kappa shape index (κ2) is 8.90. The second-order valence-corrected chi connectivity index (χ2v) is 7.11. The van der Waals surface area contributed by atoms with Crippen LogP contribution in [-0.4, -0.2) is 17.0 Å². The van der Waals surface area contributed by atoms with Crippen LogP contribution >= 0.6 is 0 Å². The molecule has 1 heterocycles. The van der Waals surface area contributed by atoms with E-state index in [1.54, 1.807) is 6.92 Å². The molecule has 1 aromatic heterocycles. The number of Topliss-reactive ketones (excluding diaryl/α,β-unsaturated/α-hetero) is 1. The summed E-state index contributed by atoms with van der Waals surface area (Å²) in [4.78, 5) is 11.9. The van der Waals surface area contributed by atoms with Gasteiger partial charge in [0.2, 0.25) is 0 Å². The van der Waals surface area contributed by atoms with Gasteiger partial charge in [0.1, 0.15) is 11.5 Å². The highest BCUT2D eigenvalue weighted by Crippen LogP contribution is 2.31. The maximum absolute atomic E-state index is 11.9. The first-order chi connectivity index (χ1) is 13.1. The Hall–Kier alpha value is -2.55. The molecule has 2 aromatic carbocycles. The number of ether oxygens (including phenoxy) is 1. The number of unbranched alkanes of at least 4 members (excludes halogenated alkanes) is 1. The Morgan fingerprint density at radius 1 is 1.07 bits per heavy atom. The van der Waals surface area contributed by atoms with E-state index in [-0.39, 0.29) is 5.78 Å². The molecule has 0 saturated carbocycles. The van der Waals surface area contributed by atoms with E-state index in [9.17, 15) is 4.79 Å². The average molecular weight is 364 g/mol. The number of hydrogen-bond acceptors (Lipinski definition) is 2. The van der Waals surface area contributed by atoms with Crippen LogP contribution in [-0.2, 0) is 24.2 Å². The zero-order valence-corrected chi connectivity index (χ0v) is 16.6. The topological polar surface area (TPSA) is 31.2 Å². The van der Waals surface area contributed by atoms with E-state index in [0.29, 0.717) is 6.42 Å². The fraction of sp³-hybridized carbons (Fsp3) is 0.375. The molecule has 3 heteroatoms. The molecule has 0 bridgehead atoms. The van der Waals surface area contributed by atoms with Gasteiger partial charge in [0.15, 0.2) is 0 Å². The maximum atomic E-state index is 11.9. The van der Waals surface area contributed by atoms with Crippen molar-refractivity contribution in [2.75, 3.05) is 6.61 Å². The Morgan fingerprint density at radius 2 is 1.85 bits per heavy atom. The van der Waals surface area contributed by atoms with Crippen LogP contribution in [0.25, 0.3) is 10.9 Å². The Bertz CT molecular complexity index is 909. The first kappa shape index (κ1) is 19.2. The third kappa shape index (κ3) is 4.41. The zero-order chi connectivity index (χ0) is 19.2. The standard InChI is InChI=1S/C24H29NO2/c1-4-6-14-27-20-12-13-24-22(16-20)21(15-18(3)26)23(5-2)25(24)17-19-10-8-7-9-11-19/h7-13,16H,4-6,14-15,17H2,1-3H3. The number of aromatic nitrogens is 1. The highest BCUT2D eigenvalue weighted by atomic mass is 16.5. The van der Waals surface area contributed by atoms with Crippen molar-refractivity contribution in [3.8, 4) is 5.75 Å². The van der Waals surface area contributed by atoms with Gasteiger partial charge in [0.05, 0.1) is 6.61 Å². The van der Waals surface area contributed by atoms with Gasteiger partial charge in [0.25, 0.3) is 0 Å². The monoisotopic (exact) mass is 363 g/mol. The summed E-state index contributed by atoms with van der Waals surface area (Å²) in [6, 6.07) is 16.8. The van der Waals surface area contributed by atoms with Crippen LogP contribution in [0.15, 0.2) is 48.5 Å². The number of hydrogen-bond donors (Lipinski definition) is 0. The summed E-state index contributed by atoms with van der Waals surface area (Å²) in [5, 5.41) is 1.15. The van der Waals surface area contributed by atoms with E-state index in [4.69, 9.17) is 4.74 Å². The summed E-state index contributed by atoms with van der Waals surface area (Å²) in [5.74, 6) is 1.08. The molecule has 3 nitrogen and oxygen atoms in total. The summed E-state index contributed by atoms with van der Waals surface area (Å²) in [7, 11) is 0. The molecule has 0 aliphatic heterocycles. The van der Waals surface area contributed by atoms with Crippen molar-refractivity contribution in [1.29, 1.82) is 0 Å². The van der Waals surface area contributed by atoms with Crippen molar-refractivity contribution < 1.29 is 9.53 Å². The van der Waals surface area contributed by atoms with Gasteiger partial charge in [-0.1, -0.05) is 50.6 Å². The molecule has 0 saturated heterocycles. The lowest BCUT2D eigenvalue weighted by molar-refractivity contribution is -0.116. The van der Waals surface area contributed by atoms with Gasteiger partial charge in [-0.2, -0.15) is 0 Å². The molecule has 0 atom stereocenters. The summed E-state index contributed by atoms with van der Waals surface area (Å²) in [6.45, 7) is 7.54. The Balaban J connectivity index is 2.08. The summed E-state index contributed by atoms with van der Waals surface area (Å²) in [5.41, 5.74) is 4.84. The van der Waals surface area contributed by atoms with Crippen molar-refractivity contribution in [3.05, 3.63) is 65.4 Å². The van der Waals surface area contributed by atoms with Crippen LogP contribution in [0.2, 0.25) is 0 Å². The molecule has 0 unspecified atom stereocenters. The lowest BCUT2D eigenvalue weighted by Gasteiger charge is -2.11. The second-order valence-electron chi connectivity index (χ2n) is 7.11. The number of carbonyl (C=O) groups is 1. The minimum atomic E-state index is 0.195. The highest BCUT2D eigenvalue weighted by Gasteiger charge is 2.18. The zero-order valence-electron chi connectivity index (χ0n) is 16.6. The molecule has 0 N–H and O–H groups in total. The molecule has 3 rings (SSSR count). The Kier molecular flexibility index (Phi) is 6.33. The molecule has 0 fully saturated rings. The molecule has 0 amide bonds. The number of nitrogens with zero attached hydrogens (tertiary/aromatic N) is 1. The van der Waals surface area contributed by atoms with Crippen molar-refractivity contribution in [1.82, 2.24) is 4.57 Å². The predicted octanol–water partition coefficient (Wildman–Crippen LogP) is 5.56. The average Bonchev–Trinajstić information content (AvgIpc) is 2.94. The van der Waals surface area contributed by atoms with Gasteiger partial charge in [-0.25, -0.2) is 0 Å². The molecular weight excluding hydrogens is 334 g/mol. The Morgan fingerprint density at radius 3 is 2.52 bits per heavy atom. The third-order valence-electron chi connectivity index (χ3n) is 4.97. The lowest BCUT2D eigenvalue weighted by atomic mass is 10.0. The Labute approximate surface area is 162 Å². The van der Waals surface area contributed by atoms with E-state index >= 15 is 0 Å². The van der Waals surface area contributed by atoms with Gasteiger partial charge in [0, 0.05) is 29.6 Å². The van der Waals surface area contributed by atoms with Gasteiger partial charge < -0.3 is 9.30 Å². The quantitative estimate of drug-likeness (QED) is 0.466. The number of rotatable bonds is 9. The fourth-order valence-corrected chi connectivity index (χ4v) is 3.68. The fourth-order valence-electron chi connectivity index (χ4n) is 3.68. The van der Waals surface area contributed by atoms with Crippen molar-refractivity contribution in [3.63, 3.8) is 0 Å². The van der Waals surface area contributed by atoms with Crippen LogP contribution in [0.3, 0.4) is 0 Å². The van der Waals surface area contributed by atoms with Crippen LogP contribution in [0.4, 0.5) is 0 Å². The SMILES string of the molecule is CCCCOc1ccc2c(c1)c(CC(C)=O)c(CC)n2Cc1ccccc1. The molecule has 27 heavy (non-hydrogen) atoms. The third-order valence-corrected chi connectivity index (χ3v) is 4.97. The number of carbonyl (C=O) groups excluding carboxylic acids is 1. The smallest absolute Gasteiger partial charge is 0.134 e. The van der Waals surface area contributed by atoms with E-state index < -0.39 is 0 Å². The van der Waals surface area contributed by atoms with E-state index in [0.717, 1.165) is 49.1 Å². The van der Waals surface area contributed by atoms with E-state index in [1.165, 1.54) is 16.8 Å². The molecule has 3 aromatic rings. The van der Waals surface area contributed by atoms with Gasteiger partial charge in [-0.15, -0.1) is 0 Å². The molecule has 142 valence electrons. The molecule has 0 spiro atoms. The van der Waals surface area contributed by atoms with Crippen molar-refractivity contribution in [2.45, 2.75) is 53.0 Å². The lowest BCUT2D eigenvalue weighted by Crippen LogP contribution is -2.06. The molecule has 0 aliphatic rings. The van der Waals surface area contributed by atoms with E-state index in [1.807, 2.05) is 6.07 Å². The highest BCUT2D eigenvalue weighted by molar-refractivity contribution is 5.91. The van der Waals surface area contributed by atoms with Gasteiger partial charge >= 0.3 is 0 Å². The maximum Gasteiger partial charge on any atom is 0.134 e. The number of ketones is 1. The number of fused-ring (bicyclic) bond motifs is 1. The molecule has 0 aliphatic carbocycles. The van der Waals surface area contributed by atoms with Gasteiger partial charge in [-0.3, -0.25) is 4.79 Å². The van der Waals surface area contributed by atoms with E-state index in [2.05, 4.69) is 60.9 Å². The first-order valence-electron chi connectivity index (χ1n) is 9.94. The summed E-state index contributed by atoms with van der Waals surface area (Å²) >= 11 is 0. The van der Waals surface area contributed by atoms with Crippen LogP contribution in [0.5, 0.6) is 5.75 Å².